The summed E-state index contributed by atoms with van der Waals surface area (Å²) in [5.41, 5.74) is 0.363. The lowest BCUT2D eigenvalue weighted by molar-refractivity contribution is 0.508. The van der Waals surface area contributed by atoms with Crippen molar-refractivity contribution in [2.75, 3.05) is 6.54 Å². The normalized spacial score (nSPS) is 19.1. The third kappa shape index (κ3) is 1.81. The Kier molecular flexibility index (Phi) is 3.01. The van der Waals surface area contributed by atoms with Crippen LogP contribution in [-0.4, -0.2) is 31.3 Å². The molecule has 1 saturated heterocycles. The largest absolute Gasteiger partial charge is 0.332 e. The van der Waals surface area contributed by atoms with Crippen molar-refractivity contribution in [3.05, 3.63) is 26.7 Å². The summed E-state index contributed by atoms with van der Waals surface area (Å²) in [6.07, 6.45) is 2.26. The number of imidazole rings is 1. The van der Waals surface area contributed by atoms with Crippen LogP contribution in [0, 0.1) is 6.92 Å². The van der Waals surface area contributed by atoms with Gasteiger partial charge in [-0.3, -0.25) is 13.9 Å². The van der Waals surface area contributed by atoms with Gasteiger partial charge in [0.05, 0.1) is 0 Å². The fraction of sp³-hybridized carbons (Fsp3) is 0.615. The van der Waals surface area contributed by atoms with Crippen LogP contribution in [0.25, 0.3) is 11.2 Å². The zero-order valence-corrected chi connectivity index (χ0v) is 12.0. The Morgan fingerprint density at radius 1 is 1.30 bits per heavy atom. The first kappa shape index (κ1) is 13.1. The molecule has 0 amide bonds. The molecule has 1 fully saturated rings. The third-order valence-electron chi connectivity index (χ3n) is 4.10. The predicted octanol–water partition coefficient (Wildman–Crippen LogP) is -0.506. The molecule has 0 radical (unpaired) electrons. The first-order valence-corrected chi connectivity index (χ1v) is 6.87. The van der Waals surface area contributed by atoms with Crippen LogP contribution in [0.2, 0.25) is 0 Å². The summed E-state index contributed by atoms with van der Waals surface area (Å²) < 4.78 is 4.50. The zero-order valence-electron chi connectivity index (χ0n) is 12.0. The number of aromatic nitrogens is 4. The fourth-order valence-corrected chi connectivity index (χ4v) is 2.91. The zero-order chi connectivity index (χ0) is 14.4. The van der Waals surface area contributed by atoms with E-state index in [1.807, 2.05) is 11.5 Å². The Hall–Kier alpha value is -1.89. The van der Waals surface area contributed by atoms with E-state index in [4.69, 9.17) is 0 Å². The quantitative estimate of drug-likeness (QED) is 0.802. The minimum absolute atomic E-state index is 0.276. The number of hydrogen-bond donors (Lipinski definition) is 1. The highest BCUT2D eigenvalue weighted by Gasteiger charge is 2.21. The lowest BCUT2D eigenvalue weighted by Crippen LogP contribution is -2.38. The van der Waals surface area contributed by atoms with Crippen LogP contribution in [0.5, 0.6) is 0 Å². The van der Waals surface area contributed by atoms with Crippen molar-refractivity contribution in [1.29, 1.82) is 0 Å². The van der Waals surface area contributed by atoms with Crippen molar-refractivity contribution in [1.82, 2.24) is 24.0 Å². The van der Waals surface area contributed by atoms with Crippen molar-refractivity contribution in [2.24, 2.45) is 14.1 Å². The molecule has 0 saturated carbocycles. The maximum Gasteiger partial charge on any atom is 0.332 e. The highest BCUT2D eigenvalue weighted by molar-refractivity contribution is 5.71. The first-order chi connectivity index (χ1) is 9.50. The first-order valence-electron chi connectivity index (χ1n) is 6.87. The second-order valence-electron chi connectivity index (χ2n) is 5.44. The molecule has 1 aliphatic heterocycles. The monoisotopic (exact) mass is 277 g/mol. The topological polar surface area (TPSA) is 73.8 Å². The molecule has 3 heterocycles. The minimum atomic E-state index is -0.342. The molecule has 3 rings (SSSR count). The summed E-state index contributed by atoms with van der Waals surface area (Å²) in [6.45, 7) is 3.61. The number of hydrogen-bond acceptors (Lipinski definition) is 4. The van der Waals surface area contributed by atoms with Gasteiger partial charge >= 0.3 is 5.69 Å². The molecule has 0 spiro atoms. The second-order valence-corrected chi connectivity index (χ2v) is 5.44. The number of nitrogens with zero attached hydrogens (tertiary/aromatic N) is 4. The van der Waals surface area contributed by atoms with Gasteiger partial charge in [0.25, 0.3) is 5.56 Å². The van der Waals surface area contributed by atoms with Crippen LogP contribution < -0.4 is 16.6 Å². The molecule has 108 valence electrons. The van der Waals surface area contributed by atoms with Crippen molar-refractivity contribution < 1.29 is 0 Å². The van der Waals surface area contributed by atoms with E-state index < -0.39 is 0 Å². The molecule has 2 aromatic heterocycles. The average molecular weight is 277 g/mol. The maximum absolute atomic E-state index is 12.4. The van der Waals surface area contributed by atoms with Crippen LogP contribution in [0.1, 0.15) is 18.7 Å². The van der Waals surface area contributed by atoms with E-state index in [9.17, 15) is 9.59 Å². The predicted molar refractivity (Wildman–Crippen MR) is 76.0 cm³/mol. The molecule has 0 aromatic carbocycles. The molecule has 1 atom stereocenters. The summed E-state index contributed by atoms with van der Waals surface area (Å²) in [4.78, 5) is 28.7. The molecule has 1 unspecified atom stereocenters. The van der Waals surface area contributed by atoms with E-state index in [0.29, 0.717) is 17.2 Å². The Labute approximate surface area is 115 Å². The molecule has 1 aliphatic rings. The molecule has 2 aromatic rings. The smallest absolute Gasteiger partial charge is 0.321 e. The van der Waals surface area contributed by atoms with Crippen LogP contribution in [0.4, 0.5) is 0 Å². The van der Waals surface area contributed by atoms with Gasteiger partial charge in [0.1, 0.15) is 5.82 Å². The maximum atomic E-state index is 12.4. The number of fused-ring (bicyclic) bond motifs is 1. The van der Waals surface area contributed by atoms with Gasteiger partial charge in [0.2, 0.25) is 0 Å². The van der Waals surface area contributed by atoms with Gasteiger partial charge in [0, 0.05) is 26.7 Å². The van der Waals surface area contributed by atoms with E-state index >= 15 is 0 Å². The van der Waals surface area contributed by atoms with Crippen molar-refractivity contribution in [2.45, 2.75) is 32.4 Å². The third-order valence-corrected chi connectivity index (χ3v) is 4.10. The summed E-state index contributed by atoms with van der Waals surface area (Å²) in [7, 11) is 3.15. The summed E-state index contributed by atoms with van der Waals surface area (Å²) >= 11 is 0. The minimum Gasteiger partial charge on any atom is -0.321 e. The van der Waals surface area contributed by atoms with Crippen LogP contribution in [0.15, 0.2) is 9.59 Å². The van der Waals surface area contributed by atoms with E-state index in [1.54, 1.807) is 7.05 Å². The standard InChI is InChI=1S/C13H19N5O2/c1-8-15-11-10(12(19)17(3)13(20)16(11)2)18(8)7-9-5-4-6-14-9/h9,14H,4-7H2,1-3H3. The van der Waals surface area contributed by atoms with Gasteiger partial charge < -0.3 is 9.88 Å². The van der Waals surface area contributed by atoms with Gasteiger partial charge in [0.15, 0.2) is 11.2 Å². The second kappa shape index (κ2) is 4.59. The molecule has 7 nitrogen and oxygen atoms in total. The highest BCUT2D eigenvalue weighted by Crippen LogP contribution is 2.14. The Morgan fingerprint density at radius 3 is 2.70 bits per heavy atom. The van der Waals surface area contributed by atoms with Gasteiger partial charge in [-0.2, -0.15) is 0 Å². The summed E-state index contributed by atoms with van der Waals surface area (Å²) in [5.74, 6) is 0.770. The average Bonchev–Trinajstić information content (AvgIpc) is 3.04. The molecule has 0 aliphatic carbocycles. The van der Waals surface area contributed by atoms with E-state index in [2.05, 4.69) is 10.3 Å². The Balaban J connectivity index is 2.24. The van der Waals surface area contributed by atoms with E-state index in [1.165, 1.54) is 11.6 Å². The van der Waals surface area contributed by atoms with Gasteiger partial charge in [-0.05, 0) is 26.3 Å². The van der Waals surface area contributed by atoms with Crippen LogP contribution in [-0.2, 0) is 20.6 Å². The van der Waals surface area contributed by atoms with Crippen LogP contribution in [0.3, 0.4) is 0 Å². The van der Waals surface area contributed by atoms with Gasteiger partial charge in [-0.1, -0.05) is 0 Å². The fourth-order valence-electron chi connectivity index (χ4n) is 2.91. The van der Waals surface area contributed by atoms with Crippen LogP contribution >= 0.6 is 0 Å². The molecular weight excluding hydrogens is 258 g/mol. The SMILES string of the molecule is Cc1nc2c(c(=O)n(C)c(=O)n2C)n1CC1CCCN1. The van der Waals surface area contributed by atoms with Crippen molar-refractivity contribution >= 4 is 11.2 Å². The van der Waals surface area contributed by atoms with Crippen molar-refractivity contribution in [3.8, 4) is 0 Å². The molecule has 20 heavy (non-hydrogen) atoms. The number of nitrogens with one attached hydrogen (secondary N) is 1. The molecular formula is C13H19N5O2. The molecule has 1 N–H and O–H groups in total. The number of aryl methyl sites for hydroxylation is 2. The highest BCUT2D eigenvalue weighted by atomic mass is 16.2. The van der Waals surface area contributed by atoms with Gasteiger partial charge in [-0.25, -0.2) is 9.78 Å². The van der Waals surface area contributed by atoms with E-state index in [0.717, 1.165) is 36.3 Å². The molecule has 7 heteroatoms. The lowest BCUT2D eigenvalue weighted by Gasteiger charge is -2.13. The van der Waals surface area contributed by atoms with Crippen molar-refractivity contribution in [3.63, 3.8) is 0 Å². The molecule has 0 bridgehead atoms. The Morgan fingerprint density at radius 2 is 2.05 bits per heavy atom. The summed E-state index contributed by atoms with van der Waals surface area (Å²) in [5, 5.41) is 3.42. The number of rotatable bonds is 2. The summed E-state index contributed by atoms with van der Waals surface area (Å²) in [6, 6.07) is 0.369. The van der Waals surface area contributed by atoms with E-state index in [-0.39, 0.29) is 11.2 Å². The Bertz CT molecular complexity index is 777. The van der Waals surface area contributed by atoms with Gasteiger partial charge in [-0.15, -0.1) is 0 Å². The lowest BCUT2D eigenvalue weighted by atomic mass is 10.2.